The van der Waals surface area contributed by atoms with Crippen molar-refractivity contribution in [1.82, 2.24) is 10.3 Å². The number of ether oxygens (including phenoxy) is 1. The first-order valence-electron chi connectivity index (χ1n) is 10.5. The molecule has 0 radical (unpaired) electrons. The van der Waals surface area contributed by atoms with Crippen LogP contribution in [0.15, 0.2) is 30.5 Å². The molecule has 0 aliphatic heterocycles. The Hall–Kier alpha value is -3.16. The summed E-state index contributed by atoms with van der Waals surface area (Å²) in [6, 6.07) is 6.54. The molecule has 1 aromatic heterocycles. The van der Waals surface area contributed by atoms with Gasteiger partial charge in [0.05, 0.1) is 11.1 Å². The quantitative estimate of drug-likeness (QED) is 0.658. The predicted octanol–water partition coefficient (Wildman–Crippen LogP) is 4.20. The molecule has 2 amide bonds. The number of pyridine rings is 1. The van der Waals surface area contributed by atoms with E-state index in [1.165, 1.54) is 12.3 Å². The minimum atomic E-state index is -1.03. The lowest BCUT2D eigenvalue weighted by Gasteiger charge is -2.28. The first-order valence-corrected chi connectivity index (χ1v) is 10.5. The van der Waals surface area contributed by atoms with E-state index in [1.54, 1.807) is 18.2 Å². The third-order valence-corrected chi connectivity index (χ3v) is 5.39. The van der Waals surface area contributed by atoms with Crippen molar-refractivity contribution in [2.75, 3.05) is 11.9 Å². The Morgan fingerprint density at radius 2 is 1.84 bits per heavy atom. The lowest BCUT2D eigenvalue weighted by molar-refractivity contribution is -0.121. The Morgan fingerprint density at radius 1 is 1.13 bits per heavy atom. The number of alkyl carbamates (subject to hydrolysis) is 1. The molecule has 166 valence electrons. The number of amides is 2. The molecular weight excluding hydrogens is 398 g/mol. The maximum atomic E-state index is 12.7. The molecular formula is C23H29N3O5. The Labute approximate surface area is 181 Å². The van der Waals surface area contributed by atoms with E-state index in [2.05, 4.69) is 15.6 Å². The SMILES string of the molecule is CC(C)(C)OC(=O)NC[C@H]1CC[C@H](C(=O)Nc2ccc3nccc(C(=O)O)c3c2)CC1. The van der Waals surface area contributed by atoms with Crippen LogP contribution < -0.4 is 10.6 Å². The number of carbonyl (C=O) groups is 3. The van der Waals surface area contributed by atoms with E-state index in [-0.39, 0.29) is 17.4 Å². The summed E-state index contributed by atoms with van der Waals surface area (Å²) in [4.78, 5) is 40.1. The average Bonchev–Trinajstić information content (AvgIpc) is 2.70. The van der Waals surface area contributed by atoms with Crippen molar-refractivity contribution >= 4 is 34.6 Å². The molecule has 1 saturated carbocycles. The van der Waals surface area contributed by atoms with Crippen LogP contribution in [0.4, 0.5) is 10.5 Å². The van der Waals surface area contributed by atoms with Crippen molar-refractivity contribution in [3.63, 3.8) is 0 Å². The molecule has 1 heterocycles. The molecule has 1 aromatic carbocycles. The fourth-order valence-corrected chi connectivity index (χ4v) is 3.83. The second-order valence-electron chi connectivity index (χ2n) is 8.99. The largest absolute Gasteiger partial charge is 0.478 e. The Bertz CT molecular complexity index is 975. The van der Waals surface area contributed by atoms with E-state index >= 15 is 0 Å². The molecule has 0 unspecified atom stereocenters. The number of benzene rings is 1. The van der Waals surface area contributed by atoms with Gasteiger partial charge in [-0.2, -0.15) is 0 Å². The summed E-state index contributed by atoms with van der Waals surface area (Å²) in [5.74, 6) is -0.893. The second kappa shape index (κ2) is 9.32. The summed E-state index contributed by atoms with van der Waals surface area (Å²) in [5.41, 5.74) is 0.751. The first-order chi connectivity index (χ1) is 14.6. The van der Waals surface area contributed by atoms with Gasteiger partial charge in [-0.15, -0.1) is 0 Å². The van der Waals surface area contributed by atoms with Crippen molar-refractivity contribution in [2.24, 2.45) is 11.8 Å². The van der Waals surface area contributed by atoms with E-state index in [4.69, 9.17) is 4.74 Å². The lowest BCUT2D eigenvalue weighted by Crippen LogP contribution is -2.37. The van der Waals surface area contributed by atoms with Gasteiger partial charge in [-0.05, 0) is 76.6 Å². The van der Waals surface area contributed by atoms with Crippen molar-refractivity contribution in [3.05, 3.63) is 36.0 Å². The maximum Gasteiger partial charge on any atom is 0.407 e. The summed E-state index contributed by atoms with van der Waals surface area (Å²) in [6.07, 6.45) is 4.21. The molecule has 1 aliphatic carbocycles. The van der Waals surface area contributed by atoms with Gasteiger partial charge in [-0.25, -0.2) is 9.59 Å². The summed E-state index contributed by atoms with van der Waals surface area (Å²) >= 11 is 0. The summed E-state index contributed by atoms with van der Waals surface area (Å²) in [5, 5.41) is 15.6. The molecule has 31 heavy (non-hydrogen) atoms. The van der Waals surface area contributed by atoms with Crippen LogP contribution >= 0.6 is 0 Å². The molecule has 0 saturated heterocycles. The van der Waals surface area contributed by atoms with Gasteiger partial charge in [0.15, 0.2) is 0 Å². The molecule has 8 heteroatoms. The Kier molecular flexibility index (Phi) is 6.77. The fourth-order valence-electron chi connectivity index (χ4n) is 3.83. The van der Waals surface area contributed by atoms with E-state index in [0.717, 1.165) is 25.7 Å². The highest BCUT2D eigenvalue weighted by molar-refractivity contribution is 6.04. The number of carboxylic acids is 1. The smallest absolute Gasteiger partial charge is 0.407 e. The van der Waals surface area contributed by atoms with Crippen molar-refractivity contribution in [1.29, 1.82) is 0 Å². The number of rotatable bonds is 5. The standard InChI is InChI=1S/C23H29N3O5/c1-23(2,3)31-22(30)25-13-14-4-6-15(7-5-14)20(27)26-16-8-9-19-18(12-16)17(21(28)29)10-11-24-19/h8-12,14-15H,4-7,13H2,1-3H3,(H,25,30)(H,26,27)(H,28,29)/t14-,15-. The molecule has 2 aromatic rings. The van der Waals surface area contributed by atoms with Crippen LogP contribution in [-0.2, 0) is 9.53 Å². The van der Waals surface area contributed by atoms with Gasteiger partial charge in [0.1, 0.15) is 5.60 Å². The van der Waals surface area contributed by atoms with E-state index in [9.17, 15) is 19.5 Å². The van der Waals surface area contributed by atoms with E-state index < -0.39 is 17.7 Å². The average molecular weight is 428 g/mol. The number of nitrogens with zero attached hydrogens (tertiary/aromatic N) is 1. The summed E-state index contributed by atoms with van der Waals surface area (Å²) in [7, 11) is 0. The first kappa shape index (κ1) is 22.5. The highest BCUT2D eigenvalue weighted by atomic mass is 16.6. The number of carbonyl (C=O) groups excluding carboxylic acids is 2. The number of hydrogen-bond donors (Lipinski definition) is 3. The van der Waals surface area contributed by atoms with Gasteiger partial charge in [-0.1, -0.05) is 0 Å². The number of carboxylic acid groups (broad SMARTS) is 1. The highest BCUT2D eigenvalue weighted by Gasteiger charge is 2.27. The predicted molar refractivity (Wildman–Crippen MR) is 117 cm³/mol. The van der Waals surface area contributed by atoms with Gasteiger partial charge < -0.3 is 20.5 Å². The third-order valence-electron chi connectivity index (χ3n) is 5.39. The van der Waals surface area contributed by atoms with Crippen molar-refractivity contribution < 1.29 is 24.2 Å². The minimum absolute atomic E-state index is 0.0707. The zero-order valence-corrected chi connectivity index (χ0v) is 18.1. The molecule has 3 N–H and O–H groups in total. The molecule has 1 fully saturated rings. The molecule has 0 bridgehead atoms. The van der Waals surface area contributed by atoms with Crippen molar-refractivity contribution in [3.8, 4) is 0 Å². The van der Waals surface area contributed by atoms with Gasteiger partial charge in [0.25, 0.3) is 0 Å². The van der Waals surface area contributed by atoms with Crippen LogP contribution in [0.1, 0.15) is 56.8 Å². The molecule has 3 rings (SSSR count). The fraction of sp³-hybridized carbons (Fsp3) is 0.478. The minimum Gasteiger partial charge on any atom is -0.478 e. The zero-order valence-electron chi connectivity index (χ0n) is 18.1. The van der Waals surface area contributed by atoms with Gasteiger partial charge >= 0.3 is 12.1 Å². The highest BCUT2D eigenvalue weighted by Crippen LogP contribution is 2.30. The van der Waals surface area contributed by atoms with E-state index in [1.807, 2.05) is 20.8 Å². The molecule has 0 spiro atoms. The van der Waals surface area contributed by atoms with Gasteiger partial charge in [0.2, 0.25) is 5.91 Å². The van der Waals surface area contributed by atoms with Crippen LogP contribution in [-0.4, -0.2) is 40.2 Å². The number of anilines is 1. The molecule has 0 atom stereocenters. The topological polar surface area (TPSA) is 118 Å². The number of aromatic nitrogens is 1. The Balaban J connectivity index is 1.53. The number of fused-ring (bicyclic) bond motifs is 1. The normalized spacial score (nSPS) is 18.9. The van der Waals surface area contributed by atoms with Crippen LogP contribution in [0.3, 0.4) is 0 Å². The second-order valence-corrected chi connectivity index (χ2v) is 8.99. The third kappa shape index (κ3) is 6.16. The van der Waals surface area contributed by atoms with Crippen molar-refractivity contribution in [2.45, 2.75) is 52.1 Å². The zero-order chi connectivity index (χ0) is 22.6. The number of aromatic carboxylic acids is 1. The van der Waals surface area contributed by atoms with Crippen LogP contribution in [0.25, 0.3) is 10.9 Å². The lowest BCUT2D eigenvalue weighted by atomic mass is 9.81. The van der Waals surface area contributed by atoms with Gasteiger partial charge in [0, 0.05) is 29.7 Å². The monoisotopic (exact) mass is 427 g/mol. The number of hydrogen-bond acceptors (Lipinski definition) is 5. The summed E-state index contributed by atoms with van der Waals surface area (Å²) in [6.45, 7) is 6.01. The molecule has 8 nitrogen and oxygen atoms in total. The Morgan fingerprint density at radius 3 is 2.48 bits per heavy atom. The van der Waals surface area contributed by atoms with Crippen LogP contribution in [0.2, 0.25) is 0 Å². The van der Waals surface area contributed by atoms with Crippen LogP contribution in [0.5, 0.6) is 0 Å². The summed E-state index contributed by atoms with van der Waals surface area (Å²) < 4.78 is 5.25. The number of nitrogens with one attached hydrogen (secondary N) is 2. The van der Waals surface area contributed by atoms with Gasteiger partial charge in [-0.3, -0.25) is 9.78 Å². The van der Waals surface area contributed by atoms with E-state index in [0.29, 0.717) is 29.1 Å². The van der Waals surface area contributed by atoms with Crippen LogP contribution in [0, 0.1) is 11.8 Å². The molecule has 1 aliphatic rings. The maximum absolute atomic E-state index is 12.7.